The van der Waals surface area contributed by atoms with Crippen molar-refractivity contribution in [2.24, 2.45) is 5.73 Å². The Balaban J connectivity index is 2.88. The Morgan fingerprint density at radius 1 is 1.50 bits per heavy atom. The SMILES string of the molecule is CCC(N)CS(=O)(=O)Cc1ccc(F)c(C#N)c1. The van der Waals surface area contributed by atoms with E-state index in [0.717, 1.165) is 6.07 Å². The molecule has 0 saturated carbocycles. The first-order valence-corrected chi connectivity index (χ1v) is 7.34. The third-order valence-corrected chi connectivity index (χ3v) is 4.24. The molecule has 0 heterocycles. The normalized spacial score (nSPS) is 13.0. The molecule has 6 heteroatoms. The molecule has 2 N–H and O–H groups in total. The van der Waals surface area contributed by atoms with Gasteiger partial charge < -0.3 is 5.73 Å². The highest BCUT2D eigenvalue weighted by molar-refractivity contribution is 7.90. The molecule has 0 aromatic heterocycles. The van der Waals surface area contributed by atoms with Crippen molar-refractivity contribution in [1.29, 1.82) is 5.26 Å². The van der Waals surface area contributed by atoms with Gasteiger partial charge in [-0.3, -0.25) is 0 Å². The molecule has 1 aromatic carbocycles. The van der Waals surface area contributed by atoms with E-state index < -0.39 is 21.7 Å². The summed E-state index contributed by atoms with van der Waals surface area (Å²) in [6.07, 6.45) is 0.575. The van der Waals surface area contributed by atoms with Crippen LogP contribution in [0.2, 0.25) is 0 Å². The maximum Gasteiger partial charge on any atom is 0.155 e. The number of sulfone groups is 1. The monoisotopic (exact) mass is 270 g/mol. The van der Waals surface area contributed by atoms with Crippen molar-refractivity contribution >= 4 is 9.84 Å². The van der Waals surface area contributed by atoms with Gasteiger partial charge in [0, 0.05) is 6.04 Å². The maximum atomic E-state index is 13.1. The highest BCUT2D eigenvalue weighted by Crippen LogP contribution is 2.13. The summed E-state index contributed by atoms with van der Waals surface area (Å²) in [6, 6.07) is 5.00. The van der Waals surface area contributed by atoms with Crippen molar-refractivity contribution in [3.63, 3.8) is 0 Å². The predicted molar refractivity (Wildman–Crippen MR) is 66.9 cm³/mol. The molecule has 0 amide bonds. The van der Waals surface area contributed by atoms with Crippen LogP contribution in [0, 0.1) is 17.1 Å². The van der Waals surface area contributed by atoms with Crippen LogP contribution in [0.3, 0.4) is 0 Å². The minimum Gasteiger partial charge on any atom is -0.327 e. The molecule has 1 aromatic rings. The molecule has 0 spiro atoms. The molecule has 0 aliphatic rings. The maximum absolute atomic E-state index is 13.1. The molecule has 4 nitrogen and oxygen atoms in total. The van der Waals surface area contributed by atoms with E-state index in [2.05, 4.69) is 0 Å². The lowest BCUT2D eigenvalue weighted by Crippen LogP contribution is -2.29. The number of nitrogens with zero attached hydrogens (tertiary/aromatic N) is 1. The van der Waals surface area contributed by atoms with E-state index in [1.54, 1.807) is 6.07 Å². The van der Waals surface area contributed by atoms with Gasteiger partial charge in [0.2, 0.25) is 0 Å². The van der Waals surface area contributed by atoms with E-state index >= 15 is 0 Å². The first-order chi connectivity index (χ1) is 8.38. The van der Waals surface area contributed by atoms with Crippen LogP contribution in [-0.2, 0) is 15.6 Å². The number of hydrogen-bond donors (Lipinski definition) is 1. The summed E-state index contributed by atoms with van der Waals surface area (Å²) in [4.78, 5) is 0. The Hall–Kier alpha value is -1.45. The van der Waals surface area contributed by atoms with Crippen molar-refractivity contribution < 1.29 is 12.8 Å². The molecule has 0 aliphatic heterocycles. The summed E-state index contributed by atoms with van der Waals surface area (Å²) >= 11 is 0. The summed E-state index contributed by atoms with van der Waals surface area (Å²) < 4.78 is 36.7. The fraction of sp³-hybridized carbons (Fsp3) is 0.417. The number of nitrogens with two attached hydrogens (primary N) is 1. The van der Waals surface area contributed by atoms with Gasteiger partial charge >= 0.3 is 0 Å². The number of halogens is 1. The van der Waals surface area contributed by atoms with Crippen LogP contribution in [0.5, 0.6) is 0 Å². The number of benzene rings is 1. The zero-order valence-corrected chi connectivity index (χ0v) is 10.9. The molecule has 98 valence electrons. The number of nitriles is 1. The zero-order chi connectivity index (χ0) is 13.8. The molecular formula is C12H15FN2O2S. The highest BCUT2D eigenvalue weighted by Gasteiger charge is 2.16. The van der Waals surface area contributed by atoms with Crippen LogP contribution in [0.1, 0.15) is 24.5 Å². The number of rotatable bonds is 5. The lowest BCUT2D eigenvalue weighted by Gasteiger charge is -2.09. The second kappa shape index (κ2) is 5.94. The van der Waals surface area contributed by atoms with Crippen LogP contribution in [0.4, 0.5) is 4.39 Å². The largest absolute Gasteiger partial charge is 0.327 e. The predicted octanol–water partition coefficient (Wildman–Crippen LogP) is 1.35. The van der Waals surface area contributed by atoms with E-state index in [1.807, 2.05) is 6.92 Å². The van der Waals surface area contributed by atoms with Crippen molar-refractivity contribution in [2.45, 2.75) is 25.1 Å². The average molecular weight is 270 g/mol. The van der Waals surface area contributed by atoms with Gasteiger partial charge in [-0.05, 0) is 24.1 Å². The Labute approximate surface area is 106 Å². The summed E-state index contributed by atoms with van der Waals surface area (Å²) in [5.41, 5.74) is 5.85. The third-order valence-electron chi connectivity index (χ3n) is 2.53. The standard InChI is InChI=1S/C12H15FN2O2S/c1-2-11(15)8-18(16,17)7-9-3-4-12(13)10(5-9)6-14/h3-5,11H,2,7-8,15H2,1H3. The fourth-order valence-electron chi connectivity index (χ4n) is 1.50. The second-order valence-corrected chi connectivity index (χ2v) is 6.26. The van der Waals surface area contributed by atoms with Crippen molar-refractivity contribution in [1.82, 2.24) is 0 Å². The van der Waals surface area contributed by atoms with Crippen molar-refractivity contribution in [3.8, 4) is 6.07 Å². The van der Waals surface area contributed by atoms with Crippen LogP contribution in [0.25, 0.3) is 0 Å². The highest BCUT2D eigenvalue weighted by atomic mass is 32.2. The van der Waals surface area contributed by atoms with Crippen LogP contribution >= 0.6 is 0 Å². The van der Waals surface area contributed by atoms with Gasteiger partial charge in [0.1, 0.15) is 11.9 Å². The summed E-state index contributed by atoms with van der Waals surface area (Å²) in [6.45, 7) is 1.81. The number of hydrogen-bond acceptors (Lipinski definition) is 4. The average Bonchev–Trinajstić information content (AvgIpc) is 2.30. The van der Waals surface area contributed by atoms with Gasteiger partial charge in [0.15, 0.2) is 9.84 Å². The molecule has 0 aliphatic carbocycles. The van der Waals surface area contributed by atoms with Gasteiger partial charge in [0.05, 0.1) is 17.1 Å². The van der Waals surface area contributed by atoms with Gasteiger partial charge in [-0.2, -0.15) is 5.26 Å². The van der Waals surface area contributed by atoms with Crippen molar-refractivity contribution in [3.05, 3.63) is 35.1 Å². The zero-order valence-electron chi connectivity index (χ0n) is 10.1. The summed E-state index contributed by atoms with van der Waals surface area (Å²) in [7, 11) is -3.34. The lowest BCUT2D eigenvalue weighted by molar-refractivity contribution is 0.582. The molecule has 1 rings (SSSR count). The van der Waals surface area contributed by atoms with E-state index in [1.165, 1.54) is 12.1 Å². The van der Waals surface area contributed by atoms with Gasteiger partial charge in [-0.1, -0.05) is 13.0 Å². The molecule has 1 unspecified atom stereocenters. The van der Waals surface area contributed by atoms with Crippen LogP contribution in [0.15, 0.2) is 18.2 Å². The molecule has 1 atom stereocenters. The minimum atomic E-state index is -3.34. The Morgan fingerprint density at radius 2 is 2.17 bits per heavy atom. The summed E-state index contributed by atoms with van der Waals surface area (Å²) in [5.74, 6) is -0.984. The Bertz CT molecular complexity index is 564. The van der Waals surface area contributed by atoms with Crippen molar-refractivity contribution in [2.75, 3.05) is 5.75 Å². The fourth-order valence-corrected chi connectivity index (χ4v) is 3.20. The summed E-state index contributed by atoms with van der Waals surface area (Å²) in [5, 5.41) is 8.67. The van der Waals surface area contributed by atoms with Gasteiger partial charge in [-0.25, -0.2) is 12.8 Å². The van der Waals surface area contributed by atoms with E-state index in [4.69, 9.17) is 11.0 Å². The first kappa shape index (κ1) is 14.6. The van der Waals surface area contributed by atoms with Gasteiger partial charge in [-0.15, -0.1) is 0 Å². The van der Waals surface area contributed by atoms with Gasteiger partial charge in [0.25, 0.3) is 0 Å². The van der Waals surface area contributed by atoms with E-state index in [9.17, 15) is 12.8 Å². The quantitative estimate of drug-likeness (QED) is 0.875. The Morgan fingerprint density at radius 3 is 2.72 bits per heavy atom. The third kappa shape index (κ3) is 4.09. The first-order valence-electron chi connectivity index (χ1n) is 5.52. The molecule has 0 fully saturated rings. The van der Waals surface area contributed by atoms with Crippen LogP contribution in [-0.4, -0.2) is 20.2 Å². The molecule has 0 saturated heterocycles. The minimum absolute atomic E-state index is 0.108. The molecular weight excluding hydrogens is 255 g/mol. The molecule has 0 radical (unpaired) electrons. The topological polar surface area (TPSA) is 84.0 Å². The smallest absolute Gasteiger partial charge is 0.155 e. The van der Waals surface area contributed by atoms with E-state index in [0.29, 0.717) is 12.0 Å². The lowest BCUT2D eigenvalue weighted by atomic mass is 10.1. The Kier molecular flexibility index (Phi) is 4.82. The molecule has 18 heavy (non-hydrogen) atoms. The van der Waals surface area contributed by atoms with Crippen LogP contribution < -0.4 is 5.73 Å². The van der Waals surface area contributed by atoms with E-state index in [-0.39, 0.29) is 17.1 Å². The molecule has 0 bridgehead atoms. The second-order valence-electron chi connectivity index (χ2n) is 4.15.